The van der Waals surface area contributed by atoms with Gasteiger partial charge in [0.25, 0.3) is 11.8 Å². The third kappa shape index (κ3) is 3.17. The minimum atomic E-state index is -1.58. The predicted molar refractivity (Wildman–Crippen MR) is 127 cm³/mol. The number of halogens is 3. The van der Waals surface area contributed by atoms with Crippen LogP contribution in [0.4, 0.5) is 5.69 Å². The lowest BCUT2D eigenvalue weighted by molar-refractivity contribution is -0.136. The molecule has 0 bridgehead atoms. The van der Waals surface area contributed by atoms with Crippen LogP contribution in [-0.2, 0) is 15.1 Å². The van der Waals surface area contributed by atoms with Crippen LogP contribution in [0.5, 0.6) is 0 Å². The van der Waals surface area contributed by atoms with Crippen LogP contribution in [0.25, 0.3) is 0 Å². The lowest BCUT2D eigenvalue weighted by Crippen LogP contribution is -2.50. The van der Waals surface area contributed by atoms with E-state index in [2.05, 4.69) is 5.32 Å². The number of allylic oxidation sites excluding steroid dienone is 4. The number of aliphatic hydroxyl groups is 1. The molecule has 2 aromatic carbocycles. The summed E-state index contributed by atoms with van der Waals surface area (Å²) in [6, 6.07) is 11.9. The zero-order valence-electron chi connectivity index (χ0n) is 16.4. The van der Waals surface area contributed by atoms with Crippen molar-refractivity contribution < 1.29 is 14.7 Å². The maximum absolute atomic E-state index is 13.6. The molecule has 2 heterocycles. The molecule has 2 amide bonds. The Morgan fingerprint density at radius 3 is 2.47 bits per heavy atom. The summed E-state index contributed by atoms with van der Waals surface area (Å²) in [5.41, 5.74) is -0.000516. The van der Waals surface area contributed by atoms with Crippen LogP contribution in [-0.4, -0.2) is 21.8 Å². The number of carbonyl (C=O) groups excluding carboxylic acids is 2. The third-order valence-corrected chi connectivity index (χ3v) is 7.55. The van der Waals surface area contributed by atoms with E-state index in [1.54, 1.807) is 48.5 Å². The molecule has 0 saturated heterocycles. The number of anilines is 1. The number of aliphatic hydroxyl groups excluding tert-OH is 1. The Bertz CT molecular complexity index is 1270. The predicted octanol–water partition coefficient (Wildman–Crippen LogP) is 6.35. The van der Waals surface area contributed by atoms with Crippen LogP contribution < -0.4 is 5.32 Å². The molecule has 1 aliphatic carbocycles. The van der Waals surface area contributed by atoms with E-state index in [0.29, 0.717) is 44.9 Å². The summed E-state index contributed by atoms with van der Waals surface area (Å²) in [6.45, 7) is 0. The molecule has 0 aromatic heterocycles. The minimum absolute atomic E-state index is 0.218. The Morgan fingerprint density at radius 1 is 1.03 bits per heavy atom. The summed E-state index contributed by atoms with van der Waals surface area (Å²) >= 11 is 19.6. The number of nitrogens with zero attached hydrogens (tertiary/aromatic N) is 1. The van der Waals surface area contributed by atoms with Crippen molar-refractivity contribution in [1.29, 1.82) is 0 Å². The van der Waals surface area contributed by atoms with Gasteiger partial charge in [0.05, 0.1) is 4.91 Å². The van der Waals surface area contributed by atoms with Crippen molar-refractivity contribution in [3.63, 3.8) is 0 Å². The molecular formula is C23H15Cl3N2O3S. The maximum atomic E-state index is 13.6. The minimum Gasteiger partial charge on any atom is -0.502 e. The molecule has 3 aliphatic rings. The van der Waals surface area contributed by atoms with Crippen molar-refractivity contribution >= 4 is 64.1 Å². The number of hydrogen-bond acceptors (Lipinski definition) is 4. The highest BCUT2D eigenvalue weighted by Gasteiger charge is 2.63. The summed E-state index contributed by atoms with van der Waals surface area (Å²) in [7, 11) is 0. The van der Waals surface area contributed by atoms with Gasteiger partial charge < -0.3 is 10.4 Å². The highest BCUT2D eigenvalue weighted by atomic mass is 35.5. The number of carbonyl (C=O) groups is 2. The molecule has 1 spiro atoms. The molecular weight excluding hydrogens is 491 g/mol. The fourth-order valence-electron chi connectivity index (χ4n) is 4.26. The van der Waals surface area contributed by atoms with Gasteiger partial charge in [-0.25, -0.2) is 0 Å². The summed E-state index contributed by atoms with van der Waals surface area (Å²) in [4.78, 5) is 29.4. The maximum Gasteiger partial charge on any atom is 0.295 e. The summed E-state index contributed by atoms with van der Waals surface area (Å²) in [6.07, 6.45) is 4.61. The highest BCUT2D eigenvalue weighted by molar-refractivity contribution is 8.03. The molecule has 2 aliphatic heterocycles. The molecule has 1 atom stereocenters. The van der Waals surface area contributed by atoms with Crippen molar-refractivity contribution in [2.45, 2.75) is 23.3 Å². The molecule has 2 aromatic rings. The number of nitrogens with one attached hydrogen (secondary N) is 1. The highest BCUT2D eigenvalue weighted by Crippen LogP contribution is 2.57. The van der Waals surface area contributed by atoms with Gasteiger partial charge >= 0.3 is 0 Å². The second kappa shape index (κ2) is 7.89. The summed E-state index contributed by atoms with van der Waals surface area (Å²) in [5, 5.41) is 15.3. The lowest BCUT2D eigenvalue weighted by Gasteiger charge is -2.37. The monoisotopic (exact) mass is 504 g/mol. The van der Waals surface area contributed by atoms with Gasteiger partial charge in [0.15, 0.2) is 11.3 Å². The van der Waals surface area contributed by atoms with Gasteiger partial charge in [-0.1, -0.05) is 58.7 Å². The Balaban J connectivity index is 1.74. The quantitative estimate of drug-likeness (QED) is 0.510. The van der Waals surface area contributed by atoms with Gasteiger partial charge in [0.1, 0.15) is 0 Å². The first-order chi connectivity index (χ1) is 15.3. The molecule has 162 valence electrons. The fraction of sp³-hybridized carbons (Fsp3) is 0.130. The third-order valence-electron chi connectivity index (χ3n) is 5.60. The van der Waals surface area contributed by atoms with E-state index in [9.17, 15) is 14.7 Å². The second-order valence-corrected chi connectivity index (χ2v) is 9.89. The topological polar surface area (TPSA) is 69.6 Å². The largest absolute Gasteiger partial charge is 0.502 e. The Labute approximate surface area is 203 Å². The standard InChI is InChI=1S/C23H15Cl3N2O3S/c24-12-4-7-16(8-5-12)32-20-19(29)21(30)28(15-3-1-2-13(25)10-15)23(20)17-9-6-14(26)11-18(17)27-22(23)31/h2,4-11,29H,1,3H2,(H,27,31). The number of benzene rings is 2. The fourth-order valence-corrected chi connectivity index (χ4v) is 5.93. The molecule has 9 heteroatoms. The zero-order valence-corrected chi connectivity index (χ0v) is 19.4. The van der Waals surface area contributed by atoms with E-state index in [-0.39, 0.29) is 4.91 Å². The normalized spacial score (nSPS) is 22.3. The number of rotatable bonds is 3. The van der Waals surface area contributed by atoms with Crippen LogP contribution in [0, 0.1) is 0 Å². The van der Waals surface area contributed by atoms with E-state index < -0.39 is 23.1 Å². The van der Waals surface area contributed by atoms with Crippen molar-refractivity contribution in [3.05, 3.63) is 91.6 Å². The number of hydrogen-bond donors (Lipinski definition) is 2. The van der Waals surface area contributed by atoms with Crippen LogP contribution in [0.1, 0.15) is 18.4 Å². The average molecular weight is 506 g/mol. The van der Waals surface area contributed by atoms with Gasteiger partial charge in [0, 0.05) is 36.9 Å². The molecule has 1 unspecified atom stereocenters. The summed E-state index contributed by atoms with van der Waals surface area (Å²) in [5.74, 6) is -1.58. The van der Waals surface area contributed by atoms with E-state index in [1.165, 1.54) is 4.90 Å². The van der Waals surface area contributed by atoms with Crippen molar-refractivity contribution in [3.8, 4) is 0 Å². The molecule has 0 radical (unpaired) electrons. The first kappa shape index (κ1) is 21.5. The van der Waals surface area contributed by atoms with E-state index in [1.807, 2.05) is 6.08 Å². The van der Waals surface area contributed by atoms with Crippen LogP contribution in [0.15, 0.2) is 80.9 Å². The van der Waals surface area contributed by atoms with Gasteiger partial charge in [-0.2, -0.15) is 0 Å². The van der Waals surface area contributed by atoms with E-state index >= 15 is 0 Å². The Kier molecular flexibility index (Phi) is 5.29. The molecule has 5 nitrogen and oxygen atoms in total. The van der Waals surface area contributed by atoms with Gasteiger partial charge in [-0.3, -0.25) is 14.5 Å². The van der Waals surface area contributed by atoms with Crippen molar-refractivity contribution in [2.75, 3.05) is 5.32 Å². The molecule has 0 fully saturated rings. The van der Waals surface area contributed by atoms with Gasteiger partial charge in [-0.05, 0) is 55.3 Å². The lowest BCUT2D eigenvalue weighted by atomic mass is 9.89. The SMILES string of the molecule is O=C1C(O)=C(Sc2ccc(Cl)cc2)C2(C(=O)Nc3cc(Cl)ccc32)N1C1=CC(Cl)=CCC1. The number of thioether (sulfide) groups is 1. The van der Waals surface area contributed by atoms with E-state index in [0.717, 1.165) is 16.7 Å². The Hall–Kier alpha value is -2.38. The number of fused-ring (bicyclic) bond motifs is 2. The molecule has 5 rings (SSSR count). The van der Waals surface area contributed by atoms with Crippen LogP contribution in [0.3, 0.4) is 0 Å². The Morgan fingerprint density at radius 2 is 1.75 bits per heavy atom. The molecule has 0 saturated carbocycles. The van der Waals surface area contributed by atoms with Crippen LogP contribution in [0.2, 0.25) is 10.0 Å². The number of amides is 2. The smallest absolute Gasteiger partial charge is 0.295 e. The van der Waals surface area contributed by atoms with Crippen molar-refractivity contribution in [1.82, 2.24) is 4.90 Å². The summed E-state index contributed by atoms with van der Waals surface area (Å²) < 4.78 is 0. The molecule has 2 N–H and O–H groups in total. The van der Waals surface area contributed by atoms with Crippen molar-refractivity contribution in [2.24, 2.45) is 0 Å². The first-order valence-electron chi connectivity index (χ1n) is 9.72. The first-order valence-corrected chi connectivity index (χ1v) is 11.7. The zero-order chi connectivity index (χ0) is 22.6. The van der Waals surface area contributed by atoms with Crippen LogP contribution >= 0.6 is 46.6 Å². The average Bonchev–Trinajstić information content (AvgIpc) is 3.15. The van der Waals surface area contributed by atoms with E-state index in [4.69, 9.17) is 34.8 Å². The van der Waals surface area contributed by atoms with Gasteiger partial charge in [-0.15, -0.1) is 0 Å². The second-order valence-electron chi connectivity index (χ2n) is 7.49. The van der Waals surface area contributed by atoms with Gasteiger partial charge in [0.2, 0.25) is 0 Å². The molecule has 32 heavy (non-hydrogen) atoms.